The molecule has 8 heteroatoms. The van der Waals surface area contributed by atoms with Gasteiger partial charge in [-0.3, -0.25) is 0 Å². The fourth-order valence-electron chi connectivity index (χ4n) is 2.50. The van der Waals surface area contributed by atoms with Crippen molar-refractivity contribution in [3.05, 3.63) is 23.8 Å². The van der Waals surface area contributed by atoms with Crippen molar-refractivity contribution in [3.8, 4) is 0 Å². The monoisotopic (exact) mass is 346 g/mol. The van der Waals surface area contributed by atoms with E-state index < -0.39 is 19.9 Å². The Balaban J connectivity index is 2.21. The highest BCUT2D eigenvalue weighted by Gasteiger charge is 2.22. The van der Waals surface area contributed by atoms with E-state index in [4.69, 9.17) is 0 Å². The molecule has 0 bridgehead atoms. The summed E-state index contributed by atoms with van der Waals surface area (Å²) in [6.45, 7) is 3.78. The molecule has 1 atom stereocenters. The van der Waals surface area contributed by atoms with Crippen molar-refractivity contribution in [3.63, 3.8) is 0 Å². The van der Waals surface area contributed by atoms with Gasteiger partial charge in [-0.1, -0.05) is 6.07 Å². The smallest absolute Gasteiger partial charge is 0.240 e. The van der Waals surface area contributed by atoms with Crippen molar-refractivity contribution < 1.29 is 16.8 Å². The van der Waals surface area contributed by atoms with E-state index in [2.05, 4.69) is 10.0 Å². The van der Waals surface area contributed by atoms with Crippen molar-refractivity contribution >= 4 is 19.9 Å². The molecule has 2 N–H and O–H groups in total. The molecule has 1 saturated heterocycles. The summed E-state index contributed by atoms with van der Waals surface area (Å²) in [4.78, 5) is 0.0389. The Morgan fingerprint density at radius 1 is 1.27 bits per heavy atom. The number of rotatable bonds is 5. The normalized spacial score (nSPS) is 20.0. The molecule has 0 unspecified atom stereocenters. The molecular weight excluding hydrogens is 324 g/mol. The van der Waals surface area contributed by atoms with Crippen LogP contribution >= 0.6 is 0 Å². The molecule has 1 aliphatic rings. The minimum atomic E-state index is -3.72. The lowest BCUT2D eigenvalue weighted by Crippen LogP contribution is -2.38. The van der Waals surface area contributed by atoms with Gasteiger partial charge in [0, 0.05) is 12.8 Å². The fraction of sp³-hybridized carbons (Fsp3) is 0.571. The maximum Gasteiger partial charge on any atom is 0.240 e. The minimum absolute atomic E-state index is 0.0119. The first kappa shape index (κ1) is 17.4. The summed E-state index contributed by atoms with van der Waals surface area (Å²) in [6, 6.07) is 4.17. The number of sulfone groups is 1. The molecule has 2 rings (SSSR count). The Morgan fingerprint density at radius 3 is 2.59 bits per heavy atom. The van der Waals surface area contributed by atoms with Crippen molar-refractivity contribution in [1.82, 2.24) is 10.0 Å². The third kappa shape index (κ3) is 4.28. The van der Waals surface area contributed by atoms with Crippen LogP contribution in [0, 0.1) is 12.8 Å². The quantitative estimate of drug-likeness (QED) is 0.818. The third-order valence-corrected chi connectivity index (χ3v) is 6.51. The second kappa shape index (κ2) is 6.66. The van der Waals surface area contributed by atoms with Gasteiger partial charge in [0.25, 0.3) is 0 Å². The van der Waals surface area contributed by atoms with Gasteiger partial charge in [0.15, 0.2) is 9.84 Å². The molecule has 1 aromatic rings. The lowest BCUT2D eigenvalue weighted by Gasteiger charge is -2.23. The highest BCUT2D eigenvalue weighted by molar-refractivity contribution is 7.91. The Labute approximate surface area is 132 Å². The predicted octanol–water partition coefficient (Wildman–Crippen LogP) is 0.676. The predicted molar refractivity (Wildman–Crippen MR) is 85.1 cm³/mol. The van der Waals surface area contributed by atoms with Crippen LogP contribution < -0.4 is 10.0 Å². The van der Waals surface area contributed by atoms with Gasteiger partial charge in [0.1, 0.15) is 0 Å². The van der Waals surface area contributed by atoms with Gasteiger partial charge in [-0.25, -0.2) is 21.6 Å². The topological polar surface area (TPSA) is 92.3 Å². The molecule has 6 nitrogen and oxygen atoms in total. The molecule has 1 fully saturated rings. The van der Waals surface area contributed by atoms with Crippen LogP contribution in [0.2, 0.25) is 0 Å². The zero-order valence-corrected chi connectivity index (χ0v) is 14.4. The van der Waals surface area contributed by atoms with Gasteiger partial charge in [0.05, 0.1) is 9.79 Å². The van der Waals surface area contributed by atoms with Gasteiger partial charge in [0.2, 0.25) is 10.0 Å². The zero-order valence-electron chi connectivity index (χ0n) is 12.8. The SMILES string of the molecule is Cc1ccc(S(C)(=O)=O)cc1S(=O)(=O)NC[C@@H]1CCCNC1. The van der Waals surface area contributed by atoms with Crippen molar-refractivity contribution in [2.24, 2.45) is 5.92 Å². The van der Waals surface area contributed by atoms with Gasteiger partial charge in [-0.15, -0.1) is 0 Å². The second-order valence-corrected chi connectivity index (χ2v) is 9.51. The number of nitrogens with one attached hydrogen (secondary N) is 2. The van der Waals surface area contributed by atoms with Gasteiger partial charge in [-0.2, -0.15) is 0 Å². The number of hydrogen-bond acceptors (Lipinski definition) is 5. The molecule has 0 spiro atoms. The summed E-state index contributed by atoms with van der Waals surface area (Å²) in [5, 5.41) is 3.24. The lowest BCUT2D eigenvalue weighted by molar-refractivity contribution is 0.376. The van der Waals surface area contributed by atoms with Crippen molar-refractivity contribution in [2.45, 2.75) is 29.6 Å². The van der Waals surface area contributed by atoms with E-state index in [-0.39, 0.29) is 15.7 Å². The van der Waals surface area contributed by atoms with Crippen LogP contribution in [0.15, 0.2) is 28.0 Å². The van der Waals surface area contributed by atoms with E-state index in [0.717, 1.165) is 32.2 Å². The van der Waals surface area contributed by atoms with Crippen LogP contribution in [-0.2, 0) is 19.9 Å². The molecule has 22 heavy (non-hydrogen) atoms. The molecular formula is C14H22N2O4S2. The van der Waals surface area contributed by atoms with Crippen LogP contribution in [0.5, 0.6) is 0 Å². The largest absolute Gasteiger partial charge is 0.316 e. The van der Waals surface area contributed by atoms with E-state index in [1.807, 2.05) is 0 Å². The summed E-state index contributed by atoms with van der Waals surface area (Å²) in [6.07, 6.45) is 3.09. The molecule has 0 amide bonds. The molecule has 0 radical (unpaired) electrons. The van der Waals surface area contributed by atoms with Crippen LogP contribution in [-0.4, -0.2) is 42.7 Å². The van der Waals surface area contributed by atoms with E-state index in [1.54, 1.807) is 6.92 Å². The summed E-state index contributed by atoms with van der Waals surface area (Å²) >= 11 is 0. The Bertz CT molecular complexity index is 736. The maximum atomic E-state index is 12.4. The number of sulfonamides is 1. The number of benzene rings is 1. The molecule has 0 saturated carbocycles. The average Bonchev–Trinajstić information content (AvgIpc) is 2.45. The van der Waals surface area contributed by atoms with Crippen LogP contribution in [0.25, 0.3) is 0 Å². The van der Waals surface area contributed by atoms with E-state index in [1.165, 1.54) is 18.2 Å². The molecule has 1 aliphatic heterocycles. The first-order valence-electron chi connectivity index (χ1n) is 7.21. The summed E-state index contributed by atoms with van der Waals surface area (Å²) in [5.74, 6) is 0.266. The minimum Gasteiger partial charge on any atom is -0.316 e. The van der Waals surface area contributed by atoms with Crippen LogP contribution in [0.3, 0.4) is 0 Å². The molecule has 1 aromatic carbocycles. The maximum absolute atomic E-state index is 12.4. The fourth-order valence-corrected chi connectivity index (χ4v) is 4.61. The first-order chi connectivity index (χ1) is 10.2. The number of aryl methyl sites for hydroxylation is 1. The van der Waals surface area contributed by atoms with Crippen molar-refractivity contribution in [2.75, 3.05) is 25.9 Å². The highest BCUT2D eigenvalue weighted by atomic mass is 32.2. The summed E-state index contributed by atoms with van der Waals surface area (Å²) in [5.41, 5.74) is 0.529. The Kier molecular flexibility index (Phi) is 5.26. The van der Waals surface area contributed by atoms with Crippen LogP contribution in [0.4, 0.5) is 0 Å². The molecule has 0 aromatic heterocycles. The van der Waals surface area contributed by atoms with Gasteiger partial charge >= 0.3 is 0 Å². The van der Waals surface area contributed by atoms with E-state index in [0.29, 0.717) is 12.1 Å². The molecule has 0 aliphatic carbocycles. The van der Waals surface area contributed by atoms with Crippen LogP contribution in [0.1, 0.15) is 18.4 Å². The second-order valence-electron chi connectivity index (χ2n) is 5.76. The average molecular weight is 346 g/mol. The van der Waals surface area contributed by atoms with E-state index >= 15 is 0 Å². The number of piperidine rings is 1. The van der Waals surface area contributed by atoms with Gasteiger partial charge in [-0.05, 0) is 56.5 Å². The zero-order chi connectivity index (χ0) is 16.4. The van der Waals surface area contributed by atoms with E-state index in [9.17, 15) is 16.8 Å². The Hall–Kier alpha value is -0.960. The summed E-state index contributed by atoms with van der Waals surface area (Å²) in [7, 11) is -7.16. The number of hydrogen-bond donors (Lipinski definition) is 2. The van der Waals surface area contributed by atoms with Gasteiger partial charge < -0.3 is 5.32 Å². The molecule has 1 heterocycles. The van der Waals surface area contributed by atoms with Crippen molar-refractivity contribution in [1.29, 1.82) is 0 Å². The molecule has 124 valence electrons. The summed E-state index contributed by atoms with van der Waals surface area (Å²) < 4.78 is 50.7. The Morgan fingerprint density at radius 2 is 2.00 bits per heavy atom. The standard InChI is InChI=1S/C14H22N2O4S2/c1-11-5-6-13(21(2,17)18)8-14(11)22(19,20)16-10-12-4-3-7-15-9-12/h5-6,8,12,15-16H,3-4,7,9-10H2,1-2H3/t12-/m1/s1. The third-order valence-electron chi connectivity index (χ3n) is 3.84. The highest BCUT2D eigenvalue weighted by Crippen LogP contribution is 2.20. The first-order valence-corrected chi connectivity index (χ1v) is 10.6. The lowest BCUT2D eigenvalue weighted by atomic mass is 10.0.